The van der Waals surface area contributed by atoms with Gasteiger partial charge in [-0.2, -0.15) is 0 Å². The smallest absolute Gasteiger partial charge is 0.254 e. The third kappa shape index (κ3) is 5.37. The van der Waals surface area contributed by atoms with Crippen LogP contribution in [0.5, 0.6) is 5.75 Å². The lowest BCUT2D eigenvalue weighted by atomic mass is 9.96. The van der Waals surface area contributed by atoms with E-state index in [9.17, 15) is 4.79 Å². The van der Waals surface area contributed by atoms with Gasteiger partial charge in [-0.1, -0.05) is 0 Å². The van der Waals surface area contributed by atoms with Gasteiger partial charge in [0.2, 0.25) is 0 Å². The van der Waals surface area contributed by atoms with Gasteiger partial charge in [0.15, 0.2) is 0 Å². The van der Waals surface area contributed by atoms with E-state index >= 15 is 0 Å². The van der Waals surface area contributed by atoms with Crippen molar-refractivity contribution < 1.29 is 14.3 Å². The van der Waals surface area contributed by atoms with Crippen molar-refractivity contribution in [3.8, 4) is 5.75 Å². The van der Waals surface area contributed by atoms with E-state index in [1.165, 1.54) is 0 Å². The number of carbonyl (C=O) groups is 1. The van der Waals surface area contributed by atoms with E-state index < -0.39 is 0 Å². The van der Waals surface area contributed by atoms with Crippen molar-refractivity contribution in [3.05, 3.63) is 29.8 Å². The maximum absolute atomic E-state index is 12.7. The minimum Gasteiger partial charge on any atom is -0.491 e. The molecule has 1 aromatic carbocycles. The second-order valence-electron chi connectivity index (χ2n) is 5.79. The number of benzene rings is 1. The molecule has 1 saturated heterocycles. The highest BCUT2D eigenvalue weighted by atomic mass is 35.5. The Bertz CT molecular complexity index is 479. The standard InChI is InChI=1S/C17H26N2O3.ClH/c1-13(18)16-5-3-4-10-19(16)17(20)14-6-8-15(9-7-14)22-12-11-21-2;/h6-9,13,16H,3-5,10-12,18H2,1-2H3;1H. The molecule has 2 atom stereocenters. The average Bonchev–Trinajstić information content (AvgIpc) is 2.55. The Hall–Kier alpha value is -1.30. The SMILES string of the molecule is COCCOc1ccc(C(=O)N2CCCCC2C(C)N)cc1.Cl. The van der Waals surface area contributed by atoms with Crippen LogP contribution < -0.4 is 10.5 Å². The van der Waals surface area contributed by atoms with Gasteiger partial charge < -0.3 is 20.1 Å². The molecule has 1 aromatic rings. The number of ether oxygens (including phenoxy) is 2. The molecule has 0 aliphatic carbocycles. The number of rotatable bonds is 6. The Balaban J connectivity index is 0.00000264. The van der Waals surface area contributed by atoms with E-state index in [0.717, 1.165) is 31.6 Å². The van der Waals surface area contributed by atoms with E-state index in [2.05, 4.69) is 0 Å². The zero-order valence-corrected chi connectivity index (χ0v) is 14.7. The van der Waals surface area contributed by atoms with Gasteiger partial charge in [0.05, 0.1) is 6.61 Å². The van der Waals surface area contributed by atoms with Crippen LogP contribution >= 0.6 is 12.4 Å². The van der Waals surface area contributed by atoms with Gasteiger partial charge in [-0.15, -0.1) is 12.4 Å². The highest BCUT2D eigenvalue weighted by Gasteiger charge is 2.29. The summed E-state index contributed by atoms with van der Waals surface area (Å²) in [6.07, 6.45) is 3.18. The molecule has 0 spiro atoms. The highest BCUT2D eigenvalue weighted by molar-refractivity contribution is 5.94. The molecule has 2 unspecified atom stereocenters. The highest BCUT2D eigenvalue weighted by Crippen LogP contribution is 2.22. The lowest BCUT2D eigenvalue weighted by Gasteiger charge is -2.38. The first-order chi connectivity index (χ1) is 10.6. The Morgan fingerprint density at radius 1 is 1.30 bits per heavy atom. The van der Waals surface area contributed by atoms with Gasteiger partial charge in [0.1, 0.15) is 12.4 Å². The zero-order valence-electron chi connectivity index (χ0n) is 13.9. The number of halogens is 1. The van der Waals surface area contributed by atoms with Crippen LogP contribution in [0.25, 0.3) is 0 Å². The van der Waals surface area contributed by atoms with Crippen LogP contribution in [0.4, 0.5) is 0 Å². The molecule has 2 N–H and O–H groups in total. The van der Waals surface area contributed by atoms with E-state index in [4.69, 9.17) is 15.2 Å². The fraction of sp³-hybridized carbons (Fsp3) is 0.588. The summed E-state index contributed by atoms with van der Waals surface area (Å²) in [6.45, 7) is 3.81. The molecule has 6 heteroatoms. The van der Waals surface area contributed by atoms with Gasteiger partial charge in [-0.3, -0.25) is 4.79 Å². The Morgan fingerprint density at radius 3 is 2.61 bits per heavy atom. The van der Waals surface area contributed by atoms with Crippen LogP contribution in [0.1, 0.15) is 36.5 Å². The van der Waals surface area contributed by atoms with Crippen molar-refractivity contribution in [2.75, 3.05) is 26.9 Å². The van der Waals surface area contributed by atoms with E-state index in [1.807, 2.05) is 36.1 Å². The molecule has 1 fully saturated rings. The largest absolute Gasteiger partial charge is 0.491 e. The Kier molecular flexibility index (Phi) is 8.37. The van der Waals surface area contributed by atoms with Crippen LogP contribution in [0.15, 0.2) is 24.3 Å². The van der Waals surface area contributed by atoms with Crippen molar-refractivity contribution in [2.45, 2.75) is 38.3 Å². The summed E-state index contributed by atoms with van der Waals surface area (Å²) in [5, 5.41) is 0. The molecule has 0 bridgehead atoms. The van der Waals surface area contributed by atoms with E-state index in [0.29, 0.717) is 18.8 Å². The number of likely N-dealkylation sites (tertiary alicyclic amines) is 1. The zero-order chi connectivity index (χ0) is 15.9. The minimum atomic E-state index is 0. The number of nitrogens with zero attached hydrogens (tertiary/aromatic N) is 1. The van der Waals surface area contributed by atoms with Crippen molar-refractivity contribution >= 4 is 18.3 Å². The Morgan fingerprint density at radius 2 is 2.00 bits per heavy atom. The molecule has 23 heavy (non-hydrogen) atoms. The molecule has 0 radical (unpaired) electrons. The van der Waals surface area contributed by atoms with Crippen LogP contribution in [0, 0.1) is 0 Å². The molecule has 2 rings (SSSR count). The normalized spacial score (nSPS) is 18.9. The summed E-state index contributed by atoms with van der Waals surface area (Å²) in [4.78, 5) is 14.6. The second-order valence-corrected chi connectivity index (χ2v) is 5.79. The van der Waals surface area contributed by atoms with Crippen molar-refractivity contribution in [2.24, 2.45) is 5.73 Å². The van der Waals surface area contributed by atoms with Gasteiger partial charge in [-0.05, 0) is 50.5 Å². The summed E-state index contributed by atoms with van der Waals surface area (Å²) < 4.78 is 10.5. The van der Waals surface area contributed by atoms with E-state index in [-0.39, 0.29) is 30.4 Å². The molecular formula is C17H27ClN2O3. The first-order valence-electron chi connectivity index (χ1n) is 7.92. The number of hydrogen-bond donors (Lipinski definition) is 1. The summed E-state index contributed by atoms with van der Waals surface area (Å²) in [7, 11) is 1.64. The molecule has 130 valence electrons. The first-order valence-corrected chi connectivity index (χ1v) is 7.92. The maximum atomic E-state index is 12.7. The molecule has 1 amide bonds. The van der Waals surface area contributed by atoms with E-state index in [1.54, 1.807) is 7.11 Å². The number of piperidine rings is 1. The molecule has 0 saturated carbocycles. The summed E-state index contributed by atoms with van der Waals surface area (Å²) in [5.41, 5.74) is 6.73. The average molecular weight is 343 g/mol. The second kappa shape index (κ2) is 9.75. The van der Waals surface area contributed by atoms with Crippen LogP contribution in [-0.2, 0) is 4.74 Å². The fourth-order valence-electron chi connectivity index (χ4n) is 2.86. The van der Waals surface area contributed by atoms with Gasteiger partial charge in [-0.25, -0.2) is 0 Å². The van der Waals surface area contributed by atoms with Gasteiger partial charge >= 0.3 is 0 Å². The lowest BCUT2D eigenvalue weighted by molar-refractivity contribution is 0.0583. The quantitative estimate of drug-likeness (QED) is 0.807. The van der Waals surface area contributed by atoms with Gasteiger partial charge in [0.25, 0.3) is 5.91 Å². The minimum absolute atomic E-state index is 0. The summed E-state index contributed by atoms with van der Waals surface area (Å²) in [5.74, 6) is 0.807. The molecule has 1 aliphatic heterocycles. The maximum Gasteiger partial charge on any atom is 0.254 e. The molecule has 5 nitrogen and oxygen atoms in total. The topological polar surface area (TPSA) is 64.8 Å². The number of methoxy groups -OCH3 is 1. The molecule has 0 aromatic heterocycles. The predicted octanol–water partition coefficient (Wildman–Crippen LogP) is 2.48. The van der Waals surface area contributed by atoms with Crippen LogP contribution in [-0.4, -0.2) is 49.8 Å². The molecule has 1 aliphatic rings. The van der Waals surface area contributed by atoms with Crippen molar-refractivity contribution in [3.63, 3.8) is 0 Å². The Labute approximate surface area is 144 Å². The molecule has 1 heterocycles. The number of amides is 1. The van der Waals surface area contributed by atoms with Crippen molar-refractivity contribution in [1.29, 1.82) is 0 Å². The van der Waals surface area contributed by atoms with Crippen LogP contribution in [0.2, 0.25) is 0 Å². The third-order valence-corrected chi connectivity index (χ3v) is 4.07. The first kappa shape index (κ1) is 19.7. The van der Waals surface area contributed by atoms with Gasteiger partial charge in [0, 0.05) is 31.3 Å². The van der Waals surface area contributed by atoms with Crippen LogP contribution in [0.3, 0.4) is 0 Å². The number of nitrogens with two attached hydrogens (primary N) is 1. The predicted molar refractivity (Wildman–Crippen MR) is 93.4 cm³/mol. The number of hydrogen-bond acceptors (Lipinski definition) is 4. The van der Waals surface area contributed by atoms with Crippen molar-refractivity contribution in [1.82, 2.24) is 4.90 Å². The fourth-order valence-corrected chi connectivity index (χ4v) is 2.86. The monoisotopic (exact) mass is 342 g/mol. The third-order valence-electron chi connectivity index (χ3n) is 4.07. The number of carbonyl (C=O) groups excluding carboxylic acids is 1. The molecular weight excluding hydrogens is 316 g/mol. The summed E-state index contributed by atoms with van der Waals surface area (Å²) in [6, 6.07) is 7.43. The lowest BCUT2D eigenvalue weighted by Crippen LogP contribution is -2.51. The summed E-state index contributed by atoms with van der Waals surface area (Å²) >= 11 is 0.